The average molecular weight is 376 g/mol. The molecule has 27 heavy (non-hydrogen) atoms. The van der Waals surface area contributed by atoms with E-state index in [1.54, 1.807) is 25.1 Å². The Morgan fingerprint density at radius 3 is 2.59 bits per heavy atom. The molecule has 1 fully saturated rings. The van der Waals surface area contributed by atoms with Crippen LogP contribution in [0.25, 0.3) is 0 Å². The number of hydrogen-bond donors (Lipinski definition) is 1. The molecule has 0 radical (unpaired) electrons. The number of halogens is 1. The second kappa shape index (κ2) is 9.48. The molecule has 0 atom stereocenters. The van der Waals surface area contributed by atoms with Crippen molar-refractivity contribution in [3.8, 4) is 5.75 Å². The minimum atomic E-state index is -0.259. The lowest BCUT2D eigenvalue weighted by Gasteiger charge is -2.34. The van der Waals surface area contributed by atoms with Crippen LogP contribution in [0.15, 0.2) is 34.9 Å². The second-order valence-electron chi connectivity index (χ2n) is 6.64. The summed E-state index contributed by atoms with van der Waals surface area (Å²) in [6.45, 7) is 7.23. The van der Waals surface area contributed by atoms with Crippen LogP contribution in [0, 0.1) is 12.7 Å². The summed E-state index contributed by atoms with van der Waals surface area (Å²) in [6, 6.07) is 7.77. The number of carbonyl (C=O) groups is 1. The topological polar surface area (TPSA) is 70.8 Å². The fourth-order valence-corrected chi connectivity index (χ4v) is 2.99. The quantitative estimate of drug-likeness (QED) is 0.712. The molecule has 1 saturated heterocycles. The molecule has 1 amide bonds. The third kappa shape index (κ3) is 6.33. The molecule has 146 valence electrons. The predicted molar refractivity (Wildman–Crippen MR) is 99.3 cm³/mol. The number of carbonyl (C=O) groups excluding carboxylic acids is 1. The van der Waals surface area contributed by atoms with Gasteiger partial charge in [0.15, 0.2) is 5.82 Å². The van der Waals surface area contributed by atoms with Crippen LogP contribution in [0.1, 0.15) is 12.2 Å². The highest BCUT2D eigenvalue weighted by Gasteiger charge is 2.19. The first-order valence-electron chi connectivity index (χ1n) is 9.15. The van der Waals surface area contributed by atoms with E-state index in [2.05, 4.69) is 20.3 Å². The Hall–Kier alpha value is -2.45. The molecule has 0 unspecified atom stereocenters. The summed E-state index contributed by atoms with van der Waals surface area (Å²) in [5.74, 6) is 1.48. The van der Waals surface area contributed by atoms with Gasteiger partial charge in [-0.15, -0.1) is 0 Å². The van der Waals surface area contributed by atoms with Crippen molar-refractivity contribution in [3.63, 3.8) is 0 Å². The van der Waals surface area contributed by atoms with Gasteiger partial charge in [-0.3, -0.25) is 9.69 Å². The standard InChI is InChI=1S/C19H25FN4O3/c1-15-13-18(22-27-15)21-19(25)14-24-10-8-23(9-11-24)7-2-12-26-17-5-3-16(20)4-6-17/h3-6,13H,2,7-12,14H2,1H3,(H,21,22,25). The third-order valence-corrected chi connectivity index (χ3v) is 4.43. The van der Waals surface area contributed by atoms with Gasteiger partial charge in [-0.25, -0.2) is 4.39 Å². The van der Waals surface area contributed by atoms with E-state index in [0.29, 0.717) is 30.5 Å². The number of nitrogens with zero attached hydrogens (tertiary/aromatic N) is 3. The van der Waals surface area contributed by atoms with E-state index >= 15 is 0 Å². The van der Waals surface area contributed by atoms with Gasteiger partial charge in [0.05, 0.1) is 13.2 Å². The molecule has 1 N–H and O–H groups in total. The van der Waals surface area contributed by atoms with E-state index in [9.17, 15) is 9.18 Å². The molecule has 1 aliphatic rings. The highest BCUT2D eigenvalue weighted by Crippen LogP contribution is 2.12. The molecule has 0 spiro atoms. The van der Waals surface area contributed by atoms with Crippen molar-refractivity contribution < 1.29 is 18.4 Å². The minimum absolute atomic E-state index is 0.0792. The van der Waals surface area contributed by atoms with Gasteiger partial charge in [0.2, 0.25) is 5.91 Å². The van der Waals surface area contributed by atoms with Gasteiger partial charge in [-0.05, 0) is 37.6 Å². The molecular formula is C19H25FN4O3. The van der Waals surface area contributed by atoms with Crippen LogP contribution in [0.3, 0.4) is 0 Å². The van der Waals surface area contributed by atoms with Crippen molar-refractivity contribution >= 4 is 11.7 Å². The number of amides is 1. The zero-order valence-electron chi connectivity index (χ0n) is 15.5. The van der Waals surface area contributed by atoms with Crippen molar-refractivity contribution in [3.05, 3.63) is 41.9 Å². The monoisotopic (exact) mass is 376 g/mol. The molecule has 0 bridgehead atoms. The molecule has 1 aliphatic heterocycles. The summed E-state index contributed by atoms with van der Waals surface area (Å²) in [6.07, 6.45) is 0.906. The van der Waals surface area contributed by atoms with E-state index in [1.165, 1.54) is 12.1 Å². The minimum Gasteiger partial charge on any atom is -0.494 e. The zero-order valence-corrected chi connectivity index (χ0v) is 15.5. The van der Waals surface area contributed by atoms with Crippen molar-refractivity contribution in [1.29, 1.82) is 0 Å². The van der Waals surface area contributed by atoms with Crippen LogP contribution in [-0.2, 0) is 4.79 Å². The van der Waals surface area contributed by atoms with Crippen LogP contribution < -0.4 is 10.1 Å². The molecule has 1 aromatic heterocycles. The van der Waals surface area contributed by atoms with Crippen LogP contribution in [0.5, 0.6) is 5.75 Å². The van der Waals surface area contributed by atoms with Gasteiger partial charge in [-0.1, -0.05) is 5.16 Å². The number of rotatable bonds is 8. The fourth-order valence-electron chi connectivity index (χ4n) is 2.99. The Kier molecular flexibility index (Phi) is 6.78. The Labute approximate surface area is 158 Å². The lowest BCUT2D eigenvalue weighted by molar-refractivity contribution is -0.117. The molecule has 7 nitrogen and oxygen atoms in total. The first-order valence-corrected chi connectivity index (χ1v) is 9.15. The summed E-state index contributed by atoms with van der Waals surface area (Å²) >= 11 is 0. The smallest absolute Gasteiger partial charge is 0.239 e. The summed E-state index contributed by atoms with van der Waals surface area (Å²) in [7, 11) is 0. The first kappa shape index (κ1) is 19.3. The molecular weight excluding hydrogens is 351 g/mol. The van der Waals surface area contributed by atoms with E-state index in [1.807, 2.05) is 0 Å². The van der Waals surface area contributed by atoms with Crippen molar-refractivity contribution in [1.82, 2.24) is 15.0 Å². The Morgan fingerprint density at radius 2 is 1.93 bits per heavy atom. The largest absolute Gasteiger partial charge is 0.494 e. The normalized spacial score (nSPS) is 15.6. The van der Waals surface area contributed by atoms with Crippen molar-refractivity contribution in [2.75, 3.05) is 51.2 Å². The number of benzene rings is 1. The summed E-state index contributed by atoms with van der Waals surface area (Å²) in [5.41, 5.74) is 0. The van der Waals surface area contributed by atoms with Gasteiger partial charge in [-0.2, -0.15) is 0 Å². The van der Waals surface area contributed by atoms with Gasteiger partial charge in [0.25, 0.3) is 0 Å². The van der Waals surface area contributed by atoms with Crippen LogP contribution >= 0.6 is 0 Å². The molecule has 8 heteroatoms. The highest BCUT2D eigenvalue weighted by atomic mass is 19.1. The lowest BCUT2D eigenvalue weighted by atomic mass is 10.3. The van der Waals surface area contributed by atoms with Gasteiger partial charge < -0.3 is 19.5 Å². The number of hydrogen-bond acceptors (Lipinski definition) is 6. The Balaban J connectivity index is 1.28. The number of ether oxygens (including phenoxy) is 1. The Morgan fingerprint density at radius 1 is 1.22 bits per heavy atom. The number of anilines is 1. The van der Waals surface area contributed by atoms with Gasteiger partial charge >= 0.3 is 0 Å². The van der Waals surface area contributed by atoms with Crippen molar-refractivity contribution in [2.24, 2.45) is 0 Å². The van der Waals surface area contributed by atoms with Gasteiger partial charge in [0, 0.05) is 38.8 Å². The maximum Gasteiger partial charge on any atom is 0.239 e. The molecule has 2 aromatic rings. The lowest BCUT2D eigenvalue weighted by Crippen LogP contribution is -2.48. The van der Waals surface area contributed by atoms with E-state index in [0.717, 1.165) is 39.1 Å². The number of aryl methyl sites for hydroxylation is 1. The second-order valence-corrected chi connectivity index (χ2v) is 6.64. The highest BCUT2D eigenvalue weighted by molar-refractivity contribution is 5.91. The maximum absolute atomic E-state index is 12.8. The SMILES string of the molecule is Cc1cc(NC(=O)CN2CCN(CCCOc3ccc(F)cc3)CC2)no1. The Bertz CT molecular complexity index is 727. The molecule has 1 aromatic carbocycles. The molecule has 0 saturated carbocycles. The third-order valence-electron chi connectivity index (χ3n) is 4.43. The maximum atomic E-state index is 12.8. The molecule has 3 rings (SSSR count). The average Bonchev–Trinajstić information content (AvgIpc) is 3.06. The van der Waals surface area contributed by atoms with E-state index in [4.69, 9.17) is 9.26 Å². The van der Waals surface area contributed by atoms with E-state index in [-0.39, 0.29) is 11.7 Å². The molecule has 2 heterocycles. The first-order chi connectivity index (χ1) is 13.1. The summed E-state index contributed by atoms with van der Waals surface area (Å²) in [5, 5.41) is 6.51. The summed E-state index contributed by atoms with van der Waals surface area (Å²) in [4.78, 5) is 16.5. The van der Waals surface area contributed by atoms with Crippen LogP contribution in [0.2, 0.25) is 0 Å². The zero-order chi connectivity index (χ0) is 19.1. The predicted octanol–water partition coefficient (Wildman–Crippen LogP) is 2.15. The van der Waals surface area contributed by atoms with Crippen LogP contribution in [-0.4, -0.2) is 66.7 Å². The number of nitrogens with one attached hydrogen (secondary N) is 1. The fraction of sp³-hybridized carbons (Fsp3) is 0.474. The number of aromatic nitrogens is 1. The molecule has 0 aliphatic carbocycles. The van der Waals surface area contributed by atoms with Crippen molar-refractivity contribution in [2.45, 2.75) is 13.3 Å². The number of piperazine rings is 1. The van der Waals surface area contributed by atoms with E-state index < -0.39 is 0 Å². The van der Waals surface area contributed by atoms with Gasteiger partial charge in [0.1, 0.15) is 17.3 Å². The summed E-state index contributed by atoms with van der Waals surface area (Å²) < 4.78 is 23.4. The van der Waals surface area contributed by atoms with Crippen LogP contribution in [0.4, 0.5) is 10.2 Å².